The highest BCUT2D eigenvalue weighted by molar-refractivity contribution is 6.13. The Balaban J connectivity index is 1.83. The third-order valence-corrected chi connectivity index (χ3v) is 2.50. The van der Waals surface area contributed by atoms with E-state index in [1.54, 1.807) is 0 Å². The number of hydrogen-bond donors (Lipinski definition) is 0. The first-order valence-electron chi connectivity index (χ1n) is 4.99. The normalized spacial score (nSPS) is 18.4. The summed E-state index contributed by atoms with van der Waals surface area (Å²) in [6, 6.07) is 16.4. The first-order valence-corrected chi connectivity index (χ1v) is 4.99. The standard InChI is InChI=1S/C13H10N2/c1-2-6-10(7-3-1)12-13(15-12)11-8-4-5-9-14-11/h1-9,13H. The molecule has 0 fully saturated rings. The van der Waals surface area contributed by atoms with Crippen LogP contribution < -0.4 is 0 Å². The van der Waals surface area contributed by atoms with Gasteiger partial charge in [0.25, 0.3) is 0 Å². The molecule has 15 heavy (non-hydrogen) atoms. The van der Waals surface area contributed by atoms with Crippen LogP contribution in [0.2, 0.25) is 0 Å². The quantitative estimate of drug-likeness (QED) is 0.721. The highest BCUT2D eigenvalue weighted by Gasteiger charge is 2.31. The van der Waals surface area contributed by atoms with Gasteiger partial charge in [-0.25, -0.2) is 0 Å². The maximum absolute atomic E-state index is 4.45. The summed E-state index contributed by atoms with van der Waals surface area (Å²) < 4.78 is 0. The van der Waals surface area contributed by atoms with E-state index >= 15 is 0 Å². The summed E-state index contributed by atoms with van der Waals surface area (Å²) in [7, 11) is 0. The second kappa shape index (κ2) is 3.31. The van der Waals surface area contributed by atoms with E-state index in [2.05, 4.69) is 22.1 Å². The molecule has 0 saturated carbocycles. The predicted octanol–water partition coefficient (Wildman–Crippen LogP) is 2.63. The smallest absolute Gasteiger partial charge is 0.134 e. The predicted molar refractivity (Wildman–Crippen MR) is 60.0 cm³/mol. The number of pyridine rings is 1. The van der Waals surface area contributed by atoms with Crippen LogP contribution in [-0.4, -0.2) is 10.7 Å². The molecule has 3 rings (SSSR count). The van der Waals surface area contributed by atoms with Gasteiger partial charge in [0.05, 0.1) is 11.4 Å². The van der Waals surface area contributed by atoms with Crippen molar-refractivity contribution in [3.63, 3.8) is 0 Å². The van der Waals surface area contributed by atoms with Crippen molar-refractivity contribution in [2.24, 2.45) is 4.99 Å². The summed E-state index contributed by atoms with van der Waals surface area (Å²) in [4.78, 5) is 8.75. The van der Waals surface area contributed by atoms with Gasteiger partial charge in [0.15, 0.2) is 0 Å². The largest absolute Gasteiger partial charge is 0.270 e. The summed E-state index contributed by atoms with van der Waals surface area (Å²) in [6.07, 6.45) is 1.81. The van der Waals surface area contributed by atoms with E-state index in [1.165, 1.54) is 5.56 Å². The molecule has 0 amide bonds. The molecule has 2 aromatic rings. The van der Waals surface area contributed by atoms with Gasteiger partial charge < -0.3 is 0 Å². The van der Waals surface area contributed by atoms with Crippen LogP contribution in [0.1, 0.15) is 17.3 Å². The van der Waals surface area contributed by atoms with Crippen molar-refractivity contribution in [1.82, 2.24) is 4.98 Å². The number of nitrogens with zero attached hydrogens (tertiary/aromatic N) is 2. The van der Waals surface area contributed by atoms with Crippen LogP contribution in [0.4, 0.5) is 0 Å². The van der Waals surface area contributed by atoms with E-state index < -0.39 is 0 Å². The van der Waals surface area contributed by atoms with Gasteiger partial charge in [-0.15, -0.1) is 0 Å². The minimum absolute atomic E-state index is 0.189. The van der Waals surface area contributed by atoms with Crippen LogP contribution in [0.25, 0.3) is 0 Å². The van der Waals surface area contributed by atoms with Crippen LogP contribution >= 0.6 is 0 Å². The van der Waals surface area contributed by atoms with E-state index in [0.29, 0.717) is 0 Å². The summed E-state index contributed by atoms with van der Waals surface area (Å²) in [5.74, 6) is 0. The molecule has 0 spiro atoms. The molecule has 2 nitrogen and oxygen atoms in total. The Kier molecular flexibility index (Phi) is 1.85. The zero-order valence-electron chi connectivity index (χ0n) is 8.17. The van der Waals surface area contributed by atoms with Crippen LogP contribution in [-0.2, 0) is 0 Å². The van der Waals surface area contributed by atoms with Gasteiger partial charge in [0.2, 0.25) is 0 Å². The number of aliphatic imine (C=N–C) groups is 1. The van der Waals surface area contributed by atoms with Crippen LogP contribution in [0, 0.1) is 0 Å². The zero-order valence-corrected chi connectivity index (χ0v) is 8.17. The number of hydrogen-bond acceptors (Lipinski definition) is 2. The van der Waals surface area contributed by atoms with Crippen LogP contribution in [0.3, 0.4) is 0 Å². The third kappa shape index (κ3) is 1.54. The first-order chi connectivity index (χ1) is 7.45. The van der Waals surface area contributed by atoms with Gasteiger partial charge in [-0.3, -0.25) is 9.98 Å². The number of aromatic nitrogens is 1. The first kappa shape index (κ1) is 8.36. The Morgan fingerprint density at radius 3 is 2.40 bits per heavy atom. The fraction of sp³-hybridized carbons (Fsp3) is 0.0769. The van der Waals surface area contributed by atoms with Crippen molar-refractivity contribution in [3.05, 3.63) is 66.0 Å². The summed E-state index contributed by atoms with van der Waals surface area (Å²) in [5, 5.41) is 0. The van der Waals surface area contributed by atoms with Crippen molar-refractivity contribution in [1.29, 1.82) is 0 Å². The Bertz CT molecular complexity index is 488. The topological polar surface area (TPSA) is 25.2 Å². The van der Waals surface area contributed by atoms with Crippen LogP contribution in [0.5, 0.6) is 0 Å². The van der Waals surface area contributed by atoms with Crippen molar-refractivity contribution in [2.45, 2.75) is 6.04 Å². The van der Waals surface area contributed by atoms with Gasteiger partial charge >= 0.3 is 0 Å². The number of rotatable bonds is 2. The molecule has 1 unspecified atom stereocenters. The fourth-order valence-electron chi connectivity index (χ4n) is 1.69. The SMILES string of the molecule is c1ccc(C2=NC2c2ccccn2)cc1. The van der Waals surface area contributed by atoms with E-state index in [1.807, 2.05) is 42.6 Å². The van der Waals surface area contributed by atoms with Crippen molar-refractivity contribution >= 4 is 5.71 Å². The summed E-state index contributed by atoms with van der Waals surface area (Å²) in [5.41, 5.74) is 3.39. The molecule has 0 aliphatic carbocycles. The van der Waals surface area contributed by atoms with Gasteiger partial charge in [-0.1, -0.05) is 36.4 Å². The minimum atomic E-state index is 0.189. The van der Waals surface area contributed by atoms with Crippen molar-refractivity contribution in [2.75, 3.05) is 0 Å². The molecule has 1 aromatic heterocycles. The molecule has 1 aromatic carbocycles. The monoisotopic (exact) mass is 194 g/mol. The zero-order chi connectivity index (χ0) is 10.1. The lowest BCUT2D eigenvalue weighted by atomic mass is 10.1. The van der Waals surface area contributed by atoms with Gasteiger partial charge in [0, 0.05) is 6.20 Å². The molecule has 0 bridgehead atoms. The van der Waals surface area contributed by atoms with Crippen molar-refractivity contribution in [3.8, 4) is 0 Å². The minimum Gasteiger partial charge on any atom is -0.270 e. The molecule has 1 atom stereocenters. The fourth-order valence-corrected chi connectivity index (χ4v) is 1.69. The number of benzene rings is 1. The molecular formula is C13H10N2. The summed E-state index contributed by atoms with van der Waals surface area (Å²) >= 11 is 0. The molecule has 0 radical (unpaired) electrons. The lowest BCUT2D eigenvalue weighted by Crippen LogP contribution is -1.94. The highest BCUT2D eigenvalue weighted by atomic mass is 15.0. The van der Waals surface area contributed by atoms with Gasteiger partial charge in [-0.05, 0) is 17.7 Å². The highest BCUT2D eigenvalue weighted by Crippen LogP contribution is 2.33. The van der Waals surface area contributed by atoms with E-state index in [0.717, 1.165) is 11.4 Å². The van der Waals surface area contributed by atoms with Crippen molar-refractivity contribution < 1.29 is 0 Å². The average Bonchev–Trinajstić information content (AvgIpc) is 3.11. The Labute approximate surface area is 88.3 Å². The van der Waals surface area contributed by atoms with E-state index in [-0.39, 0.29) is 6.04 Å². The molecular weight excluding hydrogens is 184 g/mol. The lowest BCUT2D eigenvalue weighted by Gasteiger charge is -1.96. The molecule has 2 heterocycles. The van der Waals surface area contributed by atoms with E-state index in [4.69, 9.17) is 0 Å². The van der Waals surface area contributed by atoms with Gasteiger partial charge in [0.1, 0.15) is 6.04 Å². The Hall–Kier alpha value is -1.96. The van der Waals surface area contributed by atoms with Gasteiger partial charge in [-0.2, -0.15) is 0 Å². The van der Waals surface area contributed by atoms with E-state index in [9.17, 15) is 0 Å². The second-order valence-electron chi connectivity index (χ2n) is 3.54. The molecule has 0 saturated heterocycles. The maximum atomic E-state index is 4.45. The second-order valence-corrected chi connectivity index (χ2v) is 3.54. The lowest BCUT2D eigenvalue weighted by molar-refractivity contribution is 1.03. The molecule has 2 heteroatoms. The maximum Gasteiger partial charge on any atom is 0.134 e. The molecule has 0 N–H and O–H groups in total. The Morgan fingerprint density at radius 2 is 1.67 bits per heavy atom. The average molecular weight is 194 g/mol. The molecule has 1 aliphatic heterocycles. The Morgan fingerprint density at radius 1 is 0.867 bits per heavy atom. The molecule has 1 aliphatic rings. The summed E-state index contributed by atoms with van der Waals surface area (Å²) in [6.45, 7) is 0. The molecule has 72 valence electrons. The van der Waals surface area contributed by atoms with Crippen LogP contribution in [0.15, 0.2) is 59.7 Å². The third-order valence-electron chi connectivity index (χ3n) is 2.50.